The Morgan fingerprint density at radius 3 is 2.44 bits per heavy atom. The Balaban J connectivity index is 1.85. The van der Waals surface area contributed by atoms with E-state index in [9.17, 15) is 9.59 Å². The molecule has 0 spiro atoms. The number of ether oxygens (including phenoxy) is 2. The molecule has 0 radical (unpaired) electrons. The molecule has 0 saturated heterocycles. The van der Waals surface area contributed by atoms with Crippen LogP contribution in [0.25, 0.3) is 6.08 Å². The third-order valence-corrected chi connectivity index (χ3v) is 4.80. The van der Waals surface area contributed by atoms with Crippen molar-refractivity contribution < 1.29 is 19.1 Å². The summed E-state index contributed by atoms with van der Waals surface area (Å²) in [4.78, 5) is 26.2. The molecule has 2 aromatic rings. The summed E-state index contributed by atoms with van der Waals surface area (Å²) in [5, 5.41) is 0.826. The summed E-state index contributed by atoms with van der Waals surface area (Å²) >= 11 is 12.3. The normalized spacial score (nSPS) is 14.1. The third-order valence-electron chi connectivity index (χ3n) is 4.14. The van der Waals surface area contributed by atoms with Gasteiger partial charge >= 0.3 is 6.09 Å². The summed E-state index contributed by atoms with van der Waals surface area (Å²) in [7, 11) is 0. The zero-order chi connectivity index (χ0) is 19.6. The van der Waals surface area contributed by atoms with Crippen LogP contribution in [0.1, 0.15) is 29.8 Å². The Bertz CT molecular complexity index is 915. The summed E-state index contributed by atoms with van der Waals surface area (Å²) in [5.74, 6) is 0.435. The van der Waals surface area contributed by atoms with Gasteiger partial charge in [0.15, 0.2) is 5.76 Å². The largest absolute Gasteiger partial charge is 0.452 e. The van der Waals surface area contributed by atoms with Crippen molar-refractivity contribution in [2.45, 2.75) is 13.8 Å². The van der Waals surface area contributed by atoms with Crippen molar-refractivity contribution in [3.05, 3.63) is 63.3 Å². The second-order valence-corrected chi connectivity index (χ2v) is 6.59. The molecule has 0 aliphatic carbocycles. The first kappa shape index (κ1) is 19.3. The third kappa shape index (κ3) is 3.94. The molecule has 0 unspecified atom stereocenters. The van der Waals surface area contributed by atoms with Gasteiger partial charge in [-0.2, -0.15) is 0 Å². The molecule has 1 aliphatic heterocycles. The van der Waals surface area contributed by atoms with Crippen LogP contribution in [0.3, 0.4) is 0 Å². The zero-order valence-electron chi connectivity index (χ0n) is 14.8. The fraction of sp³-hybridized carbons (Fsp3) is 0.200. The van der Waals surface area contributed by atoms with Crippen molar-refractivity contribution in [1.29, 1.82) is 0 Å². The van der Waals surface area contributed by atoms with Gasteiger partial charge in [0, 0.05) is 34.8 Å². The molecular formula is C20H17Cl2NO4. The first-order valence-corrected chi connectivity index (χ1v) is 9.19. The van der Waals surface area contributed by atoms with Gasteiger partial charge < -0.3 is 14.4 Å². The SMILES string of the molecule is CCN(CC)C(=O)Oc1ccc2c(c1)O/C(=C\c1c(Cl)cccc1Cl)C2=O. The van der Waals surface area contributed by atoms with E-state index in [0.717, 1.165) is 0 Å². The van der Waals surface area contributed by atoms with Crippen LogP contribution >= 0.6 is 23.2 Å². The highest BCUT2D eigenvalue weighted by Gasteiger charge is 2.28. The van der Waals surface area contributed by atoms with Crippen molar-refractivity contribution in [2.24, 2.45) is 0 Å². The van der Waals surface area contributed by atoms with Crippen LogP contribution in [0.2, 0.25) is 10.0 Å². The maximum absolute atomic E-state index is 12.6. The minimum Gasteiger partial charge on any atom is -0.452 e. The first-order chi connectivity index (χ1) is 12.9. The van der Waals surface area contributed by atoms with Gasteiger partial charge in [-0.1, -0.05) is 29.3 Å². The van der Waals surface area contributed by atoms with E-state index in [0.29, 0.717) is 45.8 Å². The molecule has 27 heavy (non-hydrogen) atoms. The van der Waals surface area contributed by atoms with Crippen molar-refractivity contribution in [3.63, 3.8) is 0 Å². The summed E-state index contributed by atoms with van der Waals surface area (Å²) in [6.45, 7) is 4.82. The lowest BCUT2D eigenvalue weighted by Gasteiger charge is -2.17. The molecule has 0 N–H and O–H groups in total. The minimum atomic E-state index is -0.456. The van der Waals surface area contributed by atoms with Crippen LogP contribution < -0.4 is 9.47 Å². The Labute approximate surface area is 167 Å². The van der Waals surface area contributed by atoms with Gasteiger partial charge in [0.1, 0.15) is 11.5 Å². The fourth-order valence-electron chi connectivity index (χ4n) is 2.66. The van der Waals surface area contributed by atoms with Crippen LogP contribution in [0.5, 0.6) is 11.5 Å². The number of halogens is 2. The van der Waals surface area contributed by atoms with Crippen molar-refractivity contribution >= 4 is 41.2 Å². The Morgan fingerprint density at radius 1 is 1.15 bits per heavy atom. The van der Waals surface area contributed by atoms with Gasteiger partial charge in [-0.3, -0.25) is 4.79 Å². The molecular weight excluding hydrogens is 389 g/mol. The van der Waals surface area contributed by atoms with Crippen molar-refractivity contribution in [1.82, 2.24) is 4.90 Å². The summed E-state index contributed by atoms with van der Waals surface area (Å²) in [5.41, 5.74) is 0.886. The number of hydrogen-bond acceptors (Lipinski definition) is 4. The van der Waals surface area contributed by atoms with Gasteiger partial charge in [0.25, 0.3) is 0 Å². The average Bonchev–Trinajstić information content (AvgIpc) is 2.94. The Morgan fingerprint density at radius 2 is 1.81 bits per heavy atom. The summed E-state index contributed by atoms with van der Waals surface area (Å²) < 4.78 is 11.0. The average molecular weight is 406 g/mol. The van der Waals surface area contributed by atoms with E-state index in [-0.39, 0.29) is 11.5 Å². The molecule has 0 atom stereocenters. The summed E-state index contributed by atoms with van der Waals surface area (Å²) in [6, 6.07) is 9.72. The maximum atomic E-state index is 12.6. The van der Waals surface area contributed by atoms with Crippen LogP contribution in [-0.4, -0.2) is 29.9 Å². The number of nitrogens with zero attached hydrogens (tertiary/aromatic N) is 1. The van der Waals surface area contributed by atoms with E-state index in [1.165, 1.54) is 12.1 Å². The number of allylic oxidation sites excluding steroid dienone is 1. The lowest BCUT2D eigenvalue weighted by Crippen LogP contribution is -2.33. The lowest BCUT2D eigenvalue weighted by molar-refractivity contribution is 0.101. The number of Topliss-reactive ketones (excluding diaryl/α,β-unsaturated/α-hetero) is 1. The minimum absolute atomic E-state index is 0.104. The monoisotopic (exact) mass is 405 g/mol. The zero-order valence-corrected chi connectivity index (χ0v) is 16.3. The second kappa shape index (κ2) is 8.03. The van der Waals surface area contributed by atoms with Crippen LogP contribution in [0.4, 0.5) is 4.79 Å². The van der Waals surface area contributed by atoms with Crippen LogP contribution in [-0.2, 0) is 0 Å². The molecule has 1 heterocycles. The number of fused-ring (bicyclic) bond motifs is 1. The van der Waals surface area contributed by atoms with Gasteiger partial charge in [0.2, 0.25) is 5.78 Å². The van der Waals surface area contributed by atoms with E-state index in [1.807, 2.05) is 13.8 Å². The number of benzene rings is 2. The molecule has 0 bridgehead atoms. The molecule has 0 fully saturated rings. The number of carbonyl (C=O) groups is 2. The lowest BCUT2D eigenvalue weighted by atomic mass is 10.1. The fourth-order valence-corrected chi connectivity index (χ4v) is 3.16. The first-order valence-electron chi connectivity index (χ1n) is 8.43. The van der Waals surface area contributed by atoms with E-state index in [4.69, 9.17) is 32.7 Å². The number of amides is 1. The number of hydrogen-bond donors (Lipinski definition) is 0. The quantitative estimate of drug-likeness (QED) is 0.634. The van der Waals surface area contributed by atoms with Crippen LogP contribution in [0, 0.1) is 0 Å². The predicted molar refractivity (Wildman–Crippen MR) is 105 cm³/mol. The molecule has 2 aromatic carbocycles. The van der Waals surface area contributed by atoms with E-state index >= 15 is 0 Å². The molecule has 140 valence electrons. The van der Waals surface area contributed by atoms with Gasteiger partial charge in [-0.05, 0) is 44.2 Å². The number of rotatable bonds is 4. The van der Waals surface area contributed by atoms with Crippen molar-refractivity contribution in [3.8, 4) is 11.5 Å². The highest BCUT2D eigenvalue weighted by molar-refractivity contribution is 6.37. The maximum Gasteiger partial charge on any atom is 0.415 e. The second-order valence-electron chi connectivity index (χ2n) is 5.77. The smallest absolute Gasteiger partial charge is 0.415 e. The number of carbonyl (C=O) groups excluding carboxylic acids is 2. The Hall–Kier alpha value is -2.50. The van der Waals surface area contributed by atoms with E-state index < -0.39 is 6.09 Å². The van der Waals surface area contributed by atoms with Crippen LogP contribution in [0.15, 0.2) is 42.2 Å². The molecule has 1 amide bonds. The molecule has 3 rings (SSSR count). The predicted octanol–water partition coefficient (Wildman–Crippen LogP) is 5.45. The molecule has 5 nitrogen and oxygen atoms in total. The van der Waals surface area contributed by atoms with Crippen molar-refractivity contribution in [2.75, 3.05) is 13.1 Å². The summed E-state index contributed by atoms with van der Waals surface area (Å²) in [6.07, 6.45) is 1.05. The Kier molecular flexibility index (Phi) is 5.73. The van der Waals surface area contributed by atoms with Gasteiger partial charge in [0.05, 0.1) is 5.56 Å². The van der Waals surface area contributed by atoms with E-state index in [2.05, 4.69) is 0 Å². The molecule has 0 aromatic heterocycles. The number of ketones is 1. The molecule has 1 aliphatic rings. The standard InChI is InChI=1S/C20H17Cl2NO4/c1-3-23(4-2)20(25)26-12-8-9-13-17(10-12)27-18(19(13)24)11-14-15(21)6-5-7-16(14)22/h5-11H,3-4H2,1-2H3/b18-11-. The highest BCUT2D eigenvalue weighted by atomic mass is 35.5. The molecule has 7 heteroatoms. The van der Waals surface area contributed by atoms with Gasteiger partial charge in [-0.25, -0.2) is 4.79 Å². The van der Waals surface area contributed by atoms with E-state index in [1.54, 1.807) is 35.2 Å². The van der Waals surface area contributed by atoms with Gasteiger partial charge in [-0.15, -0.1) is 0 Å². The molecule has 0 saturated carbocycles. The topological polar surface area (TPSA) is 55.8 Å². The highest BCUT2D eigenvalue weighted by Crippen LogP contribution is 2.36.